The van der Waals surface area contributed by atoms with Crippen molar-refractivity contribution >= 4 is 33.8 Å². The maximum Gasteiger partial charge on any atom is 0.205 e. The highest BCUT2D eigenvalue weighted by atomic mass is 32.1. The van der Waals surface area contributed by atoms with Crippen LogP contribution < -0.4 is 5.32 Å². The van der Waals surface area contributed by atoms with E-state index in [1.807, 2.05) is 37.4 Å². The topological polar surface area (TPSA) is 96.5 Å². The number of hydrogen-bond donors (Lipinski definition) is 2. The molecular formula is C24H28N6OS. The van der Waals surface area contributed by atoms with E-state index in [9.17, 15) is 4.79 Å². The number of carbonyl (C=O) groups is 1. The SMILES string of the molecule is CNc1nnc(CCCCc2cc3cc(C4CC4)[nH]c3nn2)s1.O=CCc1ccccc1. The van der Waals surface area contributed by atoms with Gasteiger partial charge in [0.05, 0.1) is 5.69 Å². The van der Waals surface area contributed by atoms with Gasteiger partial charge in [0, 0.05) is 31.0 Å². The molecule has 0 spiro atoms. The molecule has 32 heavy (non-hydrogen) atoms. The molecule has 4 aromatic rings. The van der Waals surface area contributed by atoms with Gasteiger partial charge in [-0.2, -0.15) is 5.10 Å². The number of fused-ring (bicyclic) bond motifs is 1. The number of carbonyl (C=O) groups excluding carboxylic acids is 1. The molecule has 2 N–H and O–H groups in total. The molecule has 1 saturated carbocycles. The van der Waals surface area contributed by atoms with Crippen LogP contribution in [0.3, 0.4) is 0 Å². The van der Waals surface area contributed by atoms with Gasteiger partial charge in [-0.3, -0.25) is 0 Å². The van der Waals surface area contributed by atoms with Crippen molar-refractivity contribution in [3.05, 3.63) is 64.4 Å². The van der Waals surface area contributed by atoms with Gasteiger partial charge in [0.25, 0.3) is 0 Å². The highest BCUT2D eigenvalue weighted by Crippen LogP contribution is 2.40. The van der Waals surface area contributed by atoms with Crippen LogP contribution in [0.15, 0.2) is 42.5 Å². The van der Waals surface area contributed by atoms with E-state index in [1.165, 1.54) is 23.9 Å². The average molecular weight is 449 g/mol. The predicted molar refractivity (Wildman–Crippen MR) is 128 cm³/mol. The van der Waals surface area contributed by atoms with Gasteiger partial charge in [-0.1, -0.05) is 41.7 Å². The van der Waals surface area contributed by atoms with Crippen LogP contribution in [0, 0.1) is 0 Å². The van der Waals surface area contributed by atoms with E-state index >= 15 is 0 Å². The summed E-state index contributed by atoms with van der Waals surface area (Å²) in [7, 11) is 1.87. The Hall–Kier alpha value is -3.13. The van der Waals surface area contributed by atoms with Crippen LogP contribution in [0.5, 0.6) is 0 Å². The summed E-state index contributed by atoms with van der Waals surface area (Å²) in [6, 6.07) is 14.1. The van der Waals surface area contributed by atoms with E-state index in [0.717, 1.165) is 64.9 Å². The quantitative estimate of drug-likeness (QED) is 0.284. The number of nitrogens with zero attached hydrogens (tertiary/aromatic N) is 4. The summed E-state index contributed by atoms with van der Waals surface area (Å²) in [5.41, 5.74) is 4.40. The number of aldehydes is 1. The van der Waals surface area contributed by atoms with Crippen LogP contribution in [-0.4, -0.2) is 38.7 Å². The smallest absolute Gasteiger partial charge is 0.205 e. The third-order valence-corrected chi connectivity index (χ3v) is 6.38. The monoisotopic (exact) mass is 448 g/mol. The zero-order chi connectivity index (χ0) is 22.2. The van der Waals surface area contributed by atoms with Gasteiger partial charge in [0.1, 0.15) is 11.3 Å². The lowest BCUT2D eigenvalue weighted by atomic mass is 10.1. The van der Waals surface area contributed by atoms with Gasteiger partial charge >= 0.3 is 0 Å². The number of aromatic amines is 1. The number of rotatable bonds is 9. The number of aryl methyl sites for hydroxylation is 2. The first-order valence-corrected chi connectivity index (χ1v) is 11.9. The van der Waals surface area contributed by atoms with Crippen molar-refractivity contribution in [3.63, 3.8) is 0 Å². The highest BCUT2D eigenvalue weighted by Gasteiger charge is 2.25. The first kappa shape index (κ1) is 22.1. The number of nitrogens with one attached hydrogen (secondary N) is 2. The fraction of sp³-hybridized carbons (Fsp3) is 0.375. The van der Waals surface area contributed by atoms with E-state index in [2.05, 4.69) is 42.8 Å². The largest absolute Gasteiger partial charge is 0.363 e. The maximum atomic E-state index is 9.97. The first-order valence-electron chi connectivity index (χ1n) is 11.1. The van der Waals surface area contributed by atoms with E-state index in [-0.39, 0.29) is 0 Å². The van der Waals surface area contributed by atoms with Crippen molar-refractivity contribution in [1.82, 2.24) is 25.4 Å². The van der Waals surface area contributed by atoms with Crippen molar-refractivity contribution in [2.24, 2.45) is 0 Å². The summed E-state index contributed by atoms with van der Waals surface area (Å²) in [6.45, 7) is 0. The summed E-state index contributed by atoms with van der Waals surface area (Å²) in [5, 5.41) is 23.1. The fourth-order valence-electron chi connectivity index (χ4n) is 3.48. The molecule has 1 aromatic carbocycles. The predicted octanol–water partition coefficient (Wildman–Crippen LogP) is 4.72. The number of anilines is 1. The van der Waals surface area contributed by atoms with Crippen LogP contribution in [-0.2, 0) is 24.1 Å². The number of H-pyrrole nitrogens is 1. The number of unbranched alkanes of at least 4 members (excludes halogenated alkanes) is 1. The molecule has 8 heteroatoms. The Morgan fingerprint density at radius 3 is 2.59 bits per heavy atom. The second-order valence-electron chi connectivity index (χ2n) is 7.95. The Morgan fingerprint density at radius 2 is 1.88 bits per heavy atom. The van der Waals surface area contributed by atoms with Gasteiger partial charge in [0.15, 0.2) is 5.65 Å². The molecule has 1 aliphatic rings. The third kappa shape index (κ3) is 6.20. The Kier molecular flexibility index (Phi) is 7.55. The Morgan fingerprint density at radius 1 is 1.06 bits per heavy atom. The van der Waals surface area contributed by atoms with E-state index < -0.39 is 0 Å². The number of aromatic nitrogens is 5. The standard InChI is InChI=1S/C16H20N6S.C8H8O/c1-17-16-22-20-14(23-16)5-3-2-4-12-8-11-9-13(10-6-7-10)18-15(11)21-19-12;9-7-6-8-4-2-1-3-5-8/h8-10H,2-7H2,1H3,(H,17,22)(H,18,21);1-5,7H,6H2. The zero-order valence-electron chi connectivity index (χ0n) is 18.3. The molecule has 3 heterocycles. The Bertz CT molecular complexity index is 1140. The van der Waals surface area contributed by atoms with E-state index in [0.29, 0.717) is 6.42 Å². The molecule has 5 rings (SSSR count). The lowest BCUT2D eigenvalue weighted by Gasteiger charge is -1.99. The lowest BCUT2D eigenvalue weighted by molar-refractivity contribution is -0.107. The molecule has 0 bridgehead atoms. The van der Waals surface area contributed by atoms with Crippen molar-refractivity contribution in [2.45, 2.75) is 50.9 Å². The summed E-state index contributed by atoms with van der Waals surface area (Å²) in [6.07, 6.45) is 8.17. The normalized spacial score (nSPS) is 12.9. The minimum absolute atomic E-state index is 0.529. The Balaban J connectivity index is 0.000000230. The van der Waals surface area contributed by atoms with Gasteiger partial charge in [-0.25, -0.2) is 0 Å². The van der Waals surface area contributed by atoms with Gasteiger partial charge in [-0.05, 0) is 55.7 Å². The minimum atomic E-state index is 0.529. The first-order chi connectivity index (χ1) is 15.7. The second kappa shape index (κ2) is 10.9. The van der Waals surface area contributed by atoms with Crippen molar-refractivity contribution in [2.75, 3.05) is 12.4 Å². The molecule has 1 aliphatic carbocycles. The average Bonchev–Trinajstić information content (AvgIpc) is 3.42. The Labute approximate surface area is 191 Å². The summed E-state index contributed by atoms with van der Waals surface area (Å²) < 4.78 is 0. The summed E-state index contributed by atoms with van der Waals surface area (Å²) in [4.78, 5) is 13.4. The fourth-order valence-corrected chi connectivity index (χ4v) is 4.22. The van der Waals surface area contributed by atoms with Crippen LogP contribution in [0.4, 0.5) is 5.13 Å². The molecule has 0 aliphatic heterocycles. The number of hydrogen-bond acceptors (Lipinski definition) is 7. The molecule has 7 nitrogen and oxygen atoms in total. The van der Waals surface area contributed by atoms with Gasteiger partial charge < -0.3 is 15.1 Å². The van der Waals surface area contributed by atoms with Crippen molar-refractivity contribution < 1.29 is 4.79 Å². The van der Waals surface area contributed by atoms with Gasteiger partial charge in [0.2, 0.25) is 5.13 Å². The van der Waals surface area contributed by atoms with Crippen LogP contribution in [0.1, 0.15) is 53.6 Å². The van der Waals surface area contributed by atoms with Crippen molar-refractivity contribution in [3.8, 4) is 0 Å². The van der Waals surface area contributed by atoms with Crippen LogP contribution in [0.2, 0.25) is 0 Å². The van der Waals surface area contributed by atoms with E-state index in [1.54, 1.807) is 11.3 Å². The summed E-state index contributed by atoms with van der Waals surface area (Å²) in [5.74, 6) is 0.724. The molecule has 166 valence electrons. The molecule has 1 fully saturated rings. The molecular weight excluding hydrogens is 420 g/mol. The molecule has 3 aromatic heterocycles. The molecule has 0 unspecified atom stereocenters. The molecule has 0 atom stereocenters. The molecule has 0 saturated heterocycles. The lowest BCUT2D eigenvalue weighted by Crippen LogP contribution is -1.94. The van der Waals surface area contributed by atoms with Crippen LogP contribution in [0.25, 0.3) is 11.0 Å². The molecule has 0 radical (unpaired) electrons. The maximum absolute atomic E-state index is 9.97. The summed E-state index contributed by atoms with van der Waals surface area (Å²) >= 11 is 1.63. The number of benzene rings is 1. The third-order valence-electron chi connectivity index (χ3n) is 5.38. The van der Waals surface area contributed by atoms with Crippen molar-refractivity contribution in [1.29, 1.82) is 0 Å². The second-order valence-corrected chi connectivity index (χ2v) is 9.02. The van der Waals surface area contributed by atoms with Gasteiger partial charge in [-0.15, -0.1) is 15.3 Å². The van der Waals surface area contributed by atoms with E-state index in [4.69, 9.17) is 0 Å². The zero-order valence-corrected chi connectivity index (χ0v) is 19.1. The highest BCUT2D eigenvalue weighted by molar-refractivity contribution is 7.15. The minimum Gasteiger partial charge on any atom is -0.363 e. The molecule has 0 amide bonds. The van der Waals surface area contributed by atoms with Crippen LogP contribution >= 0.6 is 11.3 Å².